The Balaban J connectivity index is 1.47. The third-order valence-electron chi connectivity index (χ3n) is 6.05. The summed E-state index contributed by atoms with van der Waals surface area (Å²) in [6.45, 7) is 9.51. The molecule has 2 fully saturated rings. The van der Waals surface area contributed by atoms with Crippen LogP contribution in [-0.4, -0.2) is 64.9 Å². The van der Waals surface area contributed by atoms with E-state index in [4.69, 9.17) is 11.6 Å². The highest BCUT2D eigenvalue weighted by atomic mass is 35.5. The number of hydrogen-bond acceptors (Lipinski definition) is 3. The molecule has 4 nitrogen and oxygen atoms in total. The predicted octanol–water partition coefficient (Wildman–Crippen LogP) is 3.90. The van der Waals surface area contributed by atoms with Crippen molar-refractivity contribution in [1.29, 1.82) is 0 Å². The van der Waals surface area contributed by atoms with Crippen LogP contribution in [0.1, 0.15) is 29.8 Å². The smallest absolute Gasteiger partial charge is 0.253 e. The Morgan fingerprint density at radius 2 is 1.76 bits per heavy atom. The van der Waals surface area contributed by atoms with Gasteiger partial charge in [-0.25, -0.2) is 4.39 Å². The lowest BCUT2D eigenvalue weighted by molar-refractivity contribution is -0.0577. The van der Waals surface area contributed by atoms with Gasteiger partial charge in [0.25, 0.3) is 5.91 Å². The van der Waals surface area contributed by atoms with E-state index in [0.29, 0.717) is 23.7 Å². The lowest BCUT2D eigenvalue weighted by atomic mass is 9.92. The third-order valence-corrected chi connectivity index (χ3v) is 6.30. The molecule has 2 aromatic rings. The molecular weight excluding hydrogens is 389 g/mol. The van der Waals surface area contributed by atoms with E-state index in [1.165, 1.54) is 12.1 Å². The van der Waals surface area contributed by atoms with Crippen molar-refractivity contribution in [3.63, 3.8) is 0 Å². The van der Waals surface area contributed by atoms with Crippen molar-refractivity contribution < 1.29 is 9.18 Å². The van der Waals surface area contributed by atoms with Crippen molar-refractivity contribution in [2.75, 3.05) is 32.7 Å². The molecule has 2 aromatic carbocycles. The number of halogens is 2. The fourth-order valence-electron chi connectivity index (χ4n) is 4.67. The van der Waals surface area contributed by atoms with E-state index in [1.54, 1.807) is 24.3 Å². The maximum Gasteiger partial charge on any atom is 0.253 e. The zero-order chi connectivity index (χ0) is 20.6. The molecule has 4 rings (SSSR count). The standard InChI is InChI=1S/C23H27ClFN3O/c1-23(2)16-27(22(29)18-5-7-19(24)8-6-18)15-21-14-26(11-12-28(21)23)13-17-3-9-20(25)10-4-17/h3-10,21H,11-16H2,1-2H3/t21-/m0/s1. The highest BCUT2D eigenvalue weighted by molar-refractivity contribution is 6.30. The Kier molecular flexibility index (Phi) is 5.65. The molecule has 1 atom stereocenters. The number of amides is 1. The van der Waals surface area contributed by atoms with E-state index in [9.17, 15) is 9.18 Å². The number of benzene rings is 2. The molecule has 0 unspecified atom stereocenters. The van der Waals surface area contributed by atoms with Crippen molar-refractivity contribution >= 4 is 17.5 Å². The summed E-state index contributed by atoms with van der Waals surface area (Å²) in [6, 6.07) is 14.1. The lowest BCUT2D eigenvalue weighted by Crippen LogP contribution is -2.70. The molecule has 0 bridgehead atoms. The van der Waals surface area contributed by atoms with Gasteiger partial charge in [-0.1, -0.05) is 23.7 Å². The quantitative estimate of drug-likeness (QED) is 0.760. The van der Waals surface area contributed by atoms with Crippen LogP contribution in [0.4, 0.5) is 4.39 Å². The molecule has 0 radical (unpaired) electrons. The van der Waals surface area contributed by atoms with Gasteiger partial charge in [-0.15, -0.1) is 0 Å². The second-order valence-corrected chi connectivity index (χ2v) is 9.15. The zero-order valence-corrected chi connectivity index (χ0v) is 17.7. The molecule has 6 heteroatoms. The van der Waals surface area contributed by atoms with Crippen molar-refractivity contribution in [2.45, 2.75) is 32.0 Å². The molecule has 29 heavy (non-hydrogen) atoms. The van der Waals surface area contributed by atoms with E-state index in [1.807, 2.05) is 17.0 Å². The average Bonchev–Trinajstić information content (AvgIpc) is 2.69. The first-order valence-electron chi connectivity index (χ1n) is 10.1. The summed E-state index contributed by atoms with van der Waals surface area (Å²) in [6.07, 6.45) is 0. The van der Waals surface area contributed by atoms with Crippen LogP contribution in [0.2, 0.25) is 5.02 Å². The normalized spacial score (nSPS) is 22.3. The fourth-order valence-corrected chi connectivity index (χ4v) is 4.80. The number of carbonyl (C=O) groups excluding carboxylic acids is 1. The van der Waals surface area contributed by atoms with Crippen molar-refractivity contribution in [3.05, 3.63) is 70.5 Å². The molecule has 2 aliphatic rings. The van der Waals surface area contributed by atoms with Gasteiger partial charge in [-0.3, -0.25) is 14.6 Å². The highest BCUT2D eigenvalue weighted by Crippen LogP contribution is 2.29. The summed E-state index contributed by atoms with van der Waals surface area (Å²) in [4.78, 5) is 20.0. The molecule has 0 N–H and O–H groups in total. The van der Waals surface area contributed by atoms with Gasteiger partial charge < -0.3 is 4.90 Å². The number of piperazine rings is 2. The Morgan fingerprint density at radius 1 is 1.07 bits per heavy atom. The minimum atomic E-state index is -0.205. The molecule has 154 valence electrons. The van der Waals surface area contributed by atoms with Gasteiger partial charge >= 0.3 is 0 Å². The number of nitrogens with zero attached hydrogens (tertiary/aromatic N) is 3. The second-order valence-electron chi connectivity index (χ2n) is 8.71. The highest BCUT2D eigenvalue weighted by Gasteiger charge is 2.43. The first-order chi connectivity index (χ1) is 13.8. The van der Waals surface area contributed by atoms with E-state index in [0.717, 1.165) is 31.7 Å². The van der Waals surface area contributed by atoms with E-state index in [-0.39, 0.29) is 23.3 Å². The van der Waals surface area contributed by atoms with E-state index in [2.05, 4.69) is 23.6 Å². The molecule has 0 saturated carbocycles. The van der Waals surface area contributed by atoms with Crippen LogP contribution in [0.3, 0.4) is 0 Å². The second kappa shape index (κ2) is 8.05. The van der Waals surface area contributed by atoms with Gasteiger partial charge in [0.05, 0.1) is 0 Å². The SMILES string of the molecule is CC1(C)CN(C(=O)c2ccc(Cl)cc2)C[C@@H]2CN(Cc3ccc(F)cc3)CCN21. The number of rotatable bonds is 3. The third kappa shape index (κ3) is 4.47. The van der Waals surface area contributed by atoms with Crippen LogP contribution < -0.4 is 0 Å². The van der Waals surface area contributed by atoms with Crippen molar-refractivity contribution in [3.8, 4) is 0 Å². The molecule has 0 spiro atoms. The molecule has 1 amide bonds. The van der Waals surface area contributed by atoms with Gasteiger partial charge in [0.15, 0.2) is 0 Å². The van der Waals surface area contributed by atoms with E-state index >= 15 is 0 Å². The molecule has 0 aromatic heterocycles. The summed E-state index contributed by atoms with van der Waals surface area (Å²) in [5.74, 6) is -0.144. The fraction of sp³-hybridized carbons (Fsp3) is 0.435. The number of fused-ring (bicyclic) bond motifs is 1. The Labute approximate surface area is 176 Å². The molecule has 2 saturated heterocycles. The molecular formula is C23H27ClFN3O. The van der Waals surface area contributed by atoms with Crippen molar-refractivity contribution in [1.82, 2.24) is 14.7 Å². The number of hydrogen-bond donors (Lipinski definition) is 0. The molecule has 0 aliphatic carbocycles. The van der Waals surface area contributed by atoms with Gasteiger partial charge in [-0.05, 0) is 55.8 Å². The summed E-state index contributed by atoms with van der Waals surface area (Å²) >= 11 is 5.97. The minimum absolute atomic E-state index is 0.0602. The average molecular weight is 416 g/mol. The van der Waals surface area contributed by atoms with Crippen LogP contribution in [0.25, 0.3) is 0 Å². The largest absolute Gasteiger partial charge is 0.335 e. The topological polar surface area (TPSA) is 26.8 Å². The first kappa shape index (κ1) is 20.3. The van der Waals surface area contributed by atoms with Gasteiger partial charge in [0.1, 0.15) is 5.82 Å². The minimum Gasteiger partial charge on any atom is -0.335 e. The summed E-state index contributed by atoms with van der Waals surface area (Å²) in [5, 5.41) is 0.635. The molecule has 2 aliphatic heterocycles. The first-order valence-corrected chi connectivity index (χ1v) is 10.5. The van der Waals surface area contributed by atoms with Crippen LogP contribution in [-0.2, 0) is 6.54 Å². The van der Waals surface area contributed by atoms with Gasteiger partial charge in [-0.2, -0.15) is 0 Å². The lowest BCUT2D eigenvalue weighted by Gasteiger charge is -2.55. The van der Waals surface area contributed by atoms with Crippen LogP contribution in [0.5, 0.6) is 0 Å². The van der Waals surface area contributed by atoms with Crippen LogP contribution >= 0.6 is 11.6 Å². The maximum atomic E-state index is 13.2. The summed E-state index contributed by atoms with van der Waals surface area (Å²) < 4.78 is 13.2. The van der Waals surface area contributed by atoms with Gasteiger partial charge in [0.2, 0.25) is 0 Å². The zero-order valence-electron chi connectivity index (χ0n) is 16.9. The van der Waals surface area contributed by atoms with Crippen LogP contribution in [0.15, 0.2) is 48.5 Å². The van der Waals surface area contributed by atoms with Crippen LogP contribution in [0, 0.1) is 5.82 Å². The Bertz CT molecular complexity index is 869. The monoisotopic (exact) mass is 415 g/mol. The van der Waals surface area contributed by atoms with Gasteiger partial charge in [0, 0.05) is 61.4 Å². The summed E-state index contributed by atoms with van der Waals surface area (Å²) in [5.41, 5.74) is 1.72. The Hall–Kier alpha value is -1.95. The number of carbonyl (C=O) groups is 1. The maximum absolute atomic E-state index is 13.2. The Morgan fingerprint density at radius 3 is 2.45 bits per heavy atom. The summed E-state index contributed by atoms with van der Waals surface area (Å²) in [7, 11) is 0. The van der Waals surface area contributed by atoms with E-state index < -0.39 is 0 Å². The predicted molar refractivity (Wildman–Crippen MR) is 114 cm³/mol. The van der Waals surface area contributed by atoms with Crippen molar-refractivity contribution in [2.24, 2.45) is 0 Å². The molecule has 2 heterocycles.